The summed E-state index contributed by atoms with van der Waals surface area (Å²) in [6.07, 6.45) is 43.4. The van der Waals surface area contributed by atoms with Crippen molar-refractivity contribution in [2.45, 2.75) is 115 Å². The lowest BCUT2D eigenvalue weighted by molar-refractivity contribution is 1.01. The summed E-state index contributed by atoms with van der Waals surface area (Å²) in [6.45, 7) is 32.5. The fraction of sp³-hybridized carbons (Fsp3) is 0.309. The average Bonchev–Trinajstić information content (AvgIpc) is 3.59. The molecule has 1 aliphatic heterocycles. The monoisotopic (exact) mass is 791 g/mol. The van der Waals surface area contributed by atoms with Crippen LogP contribution >= 0.6 is 0 Å². The zero-order chi connectivity index (χ0) is 44.0. The van der Waals surface area contributed by atoms with E-state index in [9.17, 15) is 0 Å². The van der Waals surface area contributed by atoms with E-state index in [1.54, 1.807) is 12.3 Å². The predicted octanol–water partition coefficient (Wildman–Crippen LogP) is 16.6. The van der Waals surface area contributed by atoms with Crippen LogP contribution < -0.4 is 4.90 Å². The van der Waals surface area contributed by atoms with Gasteiger partial charge in [-0.2, -0.15) is 0 Å². The Morgan fingerprint density at radius 1 is 0.831 bits per heavy atom. The minimum absolute atomic E-state index is 0.111. The van der Waals surface area contributed by atoms with Gasteiger partial charge in [0.25, 0.3) is 0 Å². The van der Waals surface area contributed by atoms with Crippen molar-refractivity contribution in [2.75, 3.05) is 4.90 Å². The largest absolute Gasteiger partial charge is 0.320 e. The number of nitrogens with zero attached hydrogens (tertiary/aromatic N) is 4. The Morgan fingerprint density at radius 3 is 2.24 bits per heavy atom. The van der Waals surface area contributed by atoms with Crippen LogP contribution in [0.25, 0.3) is 22.9 Å². The number of hydrogen-bond acceptors (Lipinski definition) is 3. The molecule has 0 saturated heterocycles. The minimum Gasteiger partial charge on any atom is -0.320 e. The van der Waals surface area contributed by atoms with Crippen molar-refractivity contribution in [1.82, 2.24) is 9.55 Å². The molecule has 0 fully saturated rings. The Bertz CT molecular complexity index is 2020. The van der Waals surface area contributed by atoms with E-state index in [0.717, 1.165) is 42.6 Å². The number of hydrogen-bond donors (Lipinski definition) is 0. The Morgan fingerprint density at radius 2 is 1.54 bits per heavy atom. The van der Waals surface area contributed by atoms with E-state index in [4.69, 9.17) is 0 Å². The quantitative estimate of drug-likeness (QED) is 0.213. The van der Waals surface area contributed by atoms with Crippen LogP contribution in [-0.4, -0.2) is 15.8 Å². The normalized spacial score (nSPS) is 17.5. The van der Waals surface area contributed by atoms with E-state index in [0.29, 0.717) is 0 Å². The lowest BCUT2D eigenvalue weighted by Gasteiger charge is -2.28. The van der Waals surface area contributed by atoms with E-state index in [2.05, 4.69) is 162 Å². The standard InChI is InChI=1S/C45H44N4.5C2H6/c1-5-26-46-27-13-15-36-32-40(38-23-28-47-29-24-38)21-22-42(33-36)48-30-14-17-39-25-31-49(41-18-10-8-7-9-11-19-41)45(39)35(4)34(3)44-37(6-2)16-12-20-43(44)48;5*1-2/h5-10,12-14,16,19-33,40H,1-2,11,15,17-18H2,3-4H3;5*1-2H3/b9-7?,10-8?,27-13-,30-14?,35-34+,41-19+,46-26?;;;;;. The summed E-state index contributed by atoms with van der Waals surface area (Å²) in [5, 5.41) is 0. The van der Waals surface area contributed by atoms with Crippen LogP contribution in [0.2, 0.25) is 0 Å². The number of aromatic nitrogens is 2. The topological polar surface area (TPSA) is 33.4 Å². The summed E-state index contributed by atoms with van der Waals surface area (Å²) in [5.74, 6) is 0.111. The van der Waals surface area contributed by atoms with E-state index in [-0.39, 0.29) is 5.92 Å². The molecule has 3 aliphatic rings. The van der Waals surface area contributed by atoms with Gasteiger partial charge in [-0.1, -0.05) is 161 Å². The fourth-order valence-electron chi connectivity index (χ4n) is 6.70. The molecule has 59 heavy (non-hydrogen) atoms. The number of fused-ring (bicyclic) bond motifs is 2. The summed E-state index contributed by atoms with van der Waals surface area (Å²) < 4.78 is 2.40. The average molecular weight is 791 g/mol. The summed E-state index contributed by atoms with van der Waals surface area (Å²) in [4.78, 5) is 10.9. The number of allylic oxidation sites excluding steroid dienone is 16. The summed E-state index contributed by atoms with van der Waals surface area (Å²) >= 11 is 0. The number of benzene rings is 1. The van der Waals surface area contributed by atoms with E-state index in [1.807, 2.05) is 93.9 Å². The zero-order valence-corrected chi connectivity index (χ0v) is 38.5. The molecule has 0 bridgehead atoms. The van der Waals surface area contributed by atoms with Gasteiger partial charge >= 0.3 is 0 Å². The maximum atomic E-state index is 4.31. The van der Waals surface area contributed by atoms with Crippen LogP contribution in [0.1, 0.15) is 136 Å². The highest BCUT2D eigenvalue weighted by Crippen LogP contribution is 2.41. The summed E-state index contributed by atoms with van der Waals surface area (Å²) in [5.41, 5.74) is 13.3. The van der Waals surface area contributed by atoms with Crippen molar-refractivity contribution in [3.8, 4) is 0 Å². The van der Waals surface area contributed by atoms with Gasteiger partial charge in [0, 0.05) is 66.5 Å². The van der Waals surface area contributed by atoms with Crippen molar-refractivity contribution in [2.24, 2.45) is 4.99 Å². The molecule has 2 aliphatic carbocycles. The Kier molecular flexibility index (Phi) is 26.4. The van der Waals surface area contributed by atoms with Crippen molar-refractivity contribution in [3.05, 3.63) is 193 Å². The van der Waals surface area contributed by atoms with Gasteiger partial charge in [-0.05, 0) is 103 Å². The van der Waals surface area contributed by atoms with Gasteiger partial charge in [0.2, 0.25) is 0 Å². The van der Waals surface area contributed by atoms with Gasteiger partial charge in [-0.3, -0.25) is 9.98 Å². The molecule has 0 amide bonds. The van der Waals surface area contributed by atoms with E-state index < -0.39 is 0 Å². The third-order valence-corrected chi connectivity index (χ3v) is 9.23. The van der Waals surface area contributed by atoms with Gasteiger partial charge in [0.1, 0.15) is 0 Å². The smallest absolute Gasteiger partial charge is 0.0536 e. The third kappa shape index (κ3) is 14.5. The van der Waals surface area contributed by atoms with Gasteiger partial charge < -0.3 is 9.47 Å². The predicted molar refractivity (Wildman–Crippen MR) is 268 cm³/mol. The number of pyridine rings is 1. The Balaban J connectivity index is 0.00000162. The van der Waals surface area contributed by atoms with Crippen molar-refractivity contribution in [3.63, 3.8) is 0 Å². The van der Waals surface area contributed by atoms with Crippen LogP contribution in [0.15, 0.2) is 170 Å². The molecule has 3 heterocycles. The minimum atomic E-state index is 0.111. The highest BCUT2D eigenvalue weighted by molar-refractivity contribution is 5.97. The summed E-state index contributed by atoms with van der Waals surface area (Å²) in [7, 11) is 0. The fourth-order valence-corrected chi connectivity index (χ4v) is 6.70. The second kappa shape index (κ2) is 30.4. The van der Waals surface area contributed by atoms with E-state index >= 15 is 0 Å². The first kappa shape index (κ1) is 51.3. The maximum absolute atomic E-state index is 4.31. The first-order valence-corrected chi connectivity index (χ1v) is 22.0. The molecule has 2 aromatic heterocycles. The molecular formula is C55H74N4. The van der Waals surface area contributed by atoms with Gasteiger partial charge in [-0.15, -0.1) is 0 Å². The molecule has 4 nitrogen and oxygen atoms in total. The number of rotatable bonds is 8. The first-order valence-electron chi connectivity index (χ1n) is 22.0. The van der Waals surface area contributed by atoms with Gasteiger partial charge in [0.05, 0.1) is 11.4 Å². The van der Waals surface area contributed by atoms with Crippen LogP contribution in [-0.2, 0) is 6.42 Å². The molecule has 3 aromatic rings. The highest BCUT2D eigenvalue weighted by atomic mass is 15.1. The molecular weight excluding hydrogens is 717 g/mol. The Labute approximate surface area is 360 Å². The second-order valence-electron chi connectivity index (χ2n) is 12.3. The first-order chi connectivity index (χ1) is 29.1. The number of anilines is 1. The lowest BCUT2D eigenvalue weighted by Crippen LogP contribution is -2.17. The van der Waals surface area contributed by atoms with Crippen LogP contribution in [0, 0.1) is 0 Å². The van der Waals surface area contributed by atoms with Crippen LogP contribution in [0.3, 0.4) is 0 Å². The SMILES string of the molecule is C=CC=N/C=C\CC1=CC(c2ccncc2)C=CC(N2C=CCc3ccn(/C4=C/CC=CC=CC4)c3/C(C)=C(\C)c3c(C=C)cccc32)=C1.CC.CC.CC.CC.CC. The third-order valence-electron chi connectivity index (χ3n) is 9.23. The molecule has 6 rings (SSSR count). The summed E-state index contributed by atoms with van der Waals surface area (Å²) in [6, 6.07) is 13.0. The Hall–Kier alpha value is -5.74. The number of aliphatic imine (C=N–C) groups is 1. The van der Waals surface area contributed by atoms with Crippen molar-refractivity contribution < 1.29 is 0 Å². The van der Waals surface area contributed by atoms with Crippen LogP contribution in [0.4, 0.5) is 5.69 Å². The van der Waals surface area contributed by atoms with Crippen LogP contribution in [0.5, 0.6) is 0 Å². The molecule has 0 saturated carbocycles. The van der Waals surface area contributed by atoms with Gasteiger partial charge in [-0.25, -0.2) is 0 Å². The molecule has 4 heteroatoms. The van der Waals surface area contributed by atoms with Gasteiger partial charge in [0.15, 0.2) is 0 Å². The molecule has 0 spiro atoms. The molecule has 314 valence electrons. The molecule has 1 unspecified atom stereocenters. The highest BCUT2D eigenvalue weighted by Gasteiger charge is 2.23. The van der Waals surface area contributed by atoms with Crippen molar-refractivity contribution in [1.29, 1.82) is 0 Å². The van der Waals surface area contributed by atoms with Crippen molar-refractivity contribution >= 4 is 34.8 Å². The molecule has 0 N–H and O–H groups in total. The second-order valence-corrected chi connectivity index (χ2v) is 12.3. The zero-order valence-electron chi connectivity index (χ0n) is 38.5. The maximum Gasteiger partial charge on any atom is 0.0536 e. The molecule has 0 radical (unpaired) electrons. The lowest BCUT2D eigenvalue weighted by atomic mass is 9.91. The molecule has 1 aromatic carbocycles. The van der Waals surface area contributed by atoms with E-state index in [1.165, 1.54) is 44.8 Å². The molecule has 1 atom stereocenters.